The second-order valence-electron chi connectivity index (χ2n) is 11.2. The summed E-state index contributed by atoms with van der Waals surface area (Å²) in [4.78, 5) is 43.8. The Labute approximate surface area is 258 Å². The summed E-state index contributed by atoms with van der Waals surface area (Å²) in [7, 11) is 0. The fourth-order valence-corrected chi connectivity index (χ4v) is 6.30. The highest BCUT2D eigenvalue weighted by atomic mass is 16.1. The zero-order chi connectivity index (χ0) is 30.5. The van der Waals surface area contributed by atoms with E-state index in [9.17, 15) is 14.4 Å². The summed E-state index contributed by atoms with van der Waals surface area (Å²) >= 11 is 0. The number of hydrogen-bond donors (Lipinski definition) is 0. The Morgan fingerprint density at radius 2 is 0.778 bits per heavy atom. The van der Waals surface area contributed by atoms with Crippen molar-refractivity contribution in [3.8, 4) is 0 Å². The SMILES string of the molecule is O=C(c1ccc2ccccc2c1)c1c(C(=O)c2ccc3ccccc3c2)c2ccccn2c1C(=O)c1ccc2ccccc2c1. The Morgan fingerprint density at radius 3 is 1.27 bits per heavy atom. The van der Waals surface area contributed by atoms with Crippen molar-refractivity contribution in [2.24, 2.45) is 0 Å². The maximum atomic E-state index is 14.7. The zero-order valence-electron chi connectivity index (χ0n) is 24.1. The van der Waals surface area contributed by atoms with E-state index in [0.717, 1.165) is 32.3 Å². The highest BCUT2D eigenvalue weighted by Gasteiger charge is 2.33. The van der Waals surface area contributed by atoms with Crippen LogP contribution in [0.5, 0.6) is 0 Å². The number of hydrogen-bond acceptors (Lipinski definition) is 3. The number of rotatable bonds is 6. The Kier molecular flexibility index (Phi) is 6.21. The molecule has 0 aliphatic rings. The van der Waals surface area contributed by atoms with Gasteiger partial charge in [0.1, 0.15) is 5.69 Å². The van der Waals surface area contributed by atoms with E-state index >= 15 is 0 Å². The maximum absolute atomic E-state index is 14.7. The smallest absolute Gasteiger partial charge is 0.210 e. The topological polar surface area (TPSA) is 55.6 Å². The van der Waals surface area contributed by atoms with Crippen LogP contribution in [0.15, 0.2) is 152 Å². The Morgan fingerprint density at radius 1 is 0.378 bits per heavy atom. The molecule has 0 saturated carbocycles. The van der Waals surface area contributed by atoms with Crippen LogP contribution in [-0.4, -0.2) is 21.8 Å². The molecule has 0 unspecified atom stereocenters. The summed E-state index contributed by atoms with van der Waals surface area (Å²) in [5.74, 6) is -1.02. The molecule has 8 rings (SSSR count). The summed E-state index contributed by atoms with van der Waals surface area (Å²) in [6.45, 7) is 0. The van der Waals surface area contributed by atoms with Gasteiger partial charge in [0, 0.05) is 22.9 Å². The summed E-state index contributed by atoms with van der Waals surface area (Å²) in [5, 5.41) is 5.75. The van der Waals surface area contributed by atoms with Crippen LogP contribution in [0.1, 0.15) is 47.9 Å². The van der Waals surface area contributed by atoms with E-state index in [1.165, 1.54) is 0 Å². The molecule has 0 aliphatic heterocycles. The normalized spacial score (nSPS) is 11.4. The van der Waals surface area contributed by atoms with E-state index < -0.39 is 0 Å². The number of carbonyl (C=O) groups excluding carboxylic acids is 3. The Balaban J connectivity index is 1.39. The van der Waals surface area contributed by atoms with Gasteiger partial charge < -0.3 is 4.40 Å². The van der Waals surface area contributed by atoms with E-state index in [0.29, 0.717) is 22.2 Å². The molecule has 0 spiro atoms. The van der Waals surface area contributed by atoms with Gasteiger partial charge >= 0.3 is 0 Å². The maximum Gasteiger partial charge on any atom is 0.210 e. The van der Waals surface area contributed by atoms with Crippen LogP contribution in [0.2, 0.25) is 0 Å². The molecule has 45 heavy (non-hydrogen) atoms. The van der Waals surface area contributed by atoms with Crippen LogP contribution in [0.25, 0.3) is 37.8 Å². The number of aromatic nitrogens is 1. The molecule has 2 heterocycles. The number of nitrogens with zero attached hydrogens (tertiary/aromatic N) is 1. The average Bonchev–Trinajstić information content (AvgIpc) is 3.45. The summed E-state index contributed by atoms with van der Waals surface area (Å²) in [6.07, 6.45) is 1.75. The second kappa shape index (κ2) is 10.5. The summed E-state index contributed by atoms with van der Waals surface area (Å²) in [6, 6.07) is 45.5. The number of ketones is 3. The first-order valence-electron chi connectivity index (χ1n) is 14.8. The first-order chi connectivity index (χ1) is 22.1. The molecule has 212 valence electrons. The lowest BCUT2D eigenvalue weighted by atomic mass is 9.90. The molecule has 0 radical (unpaired) electrons. The predicted octanol–water partition coefficient (Wildman–Crippen LogP) is 9.09. The Bertz CT molecular complexity index is 2370. The molecule has 0 fully saturated rings. The molecule has 4 heteroatoms. The fraction of sp³-hybridized carbons (Fsp3) is 0. The average molecular weight is 580 g/mol. The van der Waals surface area contributed by atoms with Crippen molar-refractivity contribution in [1.82, 2.24) is 4.40 Å². The monoisotopic (exact) mass is 579 g/mol. The fourth-order valence-electron chi connectivity index (χ4n) is 6.30. The molecule has 0 amide bonds. The molecule has 0 N–H and O–H groups in total. The third-order valence-corrected chi connectivity index (χ3v) is 8.55. The van der Waals surface area contributed by atoms with Gasteiger partial charge in [-0.05, 0) is 62.6 Å². The minimum atomic E-state index is -0.377. The quantitative estimate of drug-likeness (QED) is 0.185. The van der Waals surface area contributed by atoms with Crippen molar-refractivity contribution in [3.63, 3.8) is 0 Å². The molecular formula is C41H25NO3. The van der Waals surface area contributed by atoms with E-state index in [2.05, 4.69) is 0 Å². The summed E-state index contributed by atoms with van der Waals surface area (Å²) in [5.41, 5.74) is 2.29. The lowest BCUT2D eigenvalue weighted by molar-refractivity contribution is 0.0991. The van der Waals surface area contributed by atoms with Crippen LogP contribution in [0.4, 0.5) is 0 Å². The number of carbonyl (C=O) groups is 3. The van der Waals surface area contributed by atoms with Gasteiger partial charge in [-0.3, -0.25) is 14.4 Å². The molecule has 0 bridgehead atoms. The molecule has 2 aromatic heterocycles. The van der Waals surface area contributed by atoms with Crippen LogP contribution in [0, 0.1) is 0 Å². The number of benzene rings is 6. The highest BCUT2D eigenvalue weighted by Crippen LogP contribution is 2.32. The largest absolute Gasteiger partial charge is 0.312 e. The van der Waals surface area contributed by atoms with Crippen molar-refractivity contribution in [2.75, 3.05) is 0 Å². The van der Waals surface area contributed by atoms with Gasteiger partial charge in [-0.25, -0.2) is 0 Å². The predicted molar refractivity (Wildman–Crippen MR) is 180 cm³/mol. The molecule has 8 aromatic rings. The third-order valence-electron chi connectivity index (χ3n) is 8.55. The second-order valence-corrected chi connectivity index (χ2v) is 11.2. The van der Waals surface area contributed by atoms with Crippen molar-refractivity contribution in [1.29, 1.82) is 0 Å². The van der Waals surface area contributed by atoms with Gasteiger partial charge in [0.15, 0.2) is 11.6 Å². The molecule has 0 atom stereocenters. The van der Waals surface area contributed by atoms with Gasteiger partial charge in [0.05, 0.1) is 16.6 Å². The molecular weight excluding hydrogens is 554 g/mol. The van der Waals surface area contributed by atoms with Gasteiger partial charge in [-0.15, -0.1) is 0 Å². The van der Waals surface area contributed by atoms with E-state index in [1.54, 1.807) is 40.9 Å². The molecule has 6 aromatic carbocycles. The van der Waals surface area contributed by atoms with Crippen LogP contribution < -0.4 is 0 Å². The van der Waals surface area contributed by atoms with Gasteiger partial charge in [-0.1, -0.05) is 115 Å². The van der Waals surface area contributed by atoms with Gasteiger partial charge in [0.2, 0.25) is 5.78 Å². The van der Waals surface area contributed by atoms with Crippen molar-refractivity contribution in [2.45, 2.75) is 0 Å². The molecule has 0 aliphatic carbocycles. The van der Waals surface area contributed by atoms with E-state index in [-0.39, 0.29) is 34.2 Å². The first kappa shape index (κ1) is 26.5. The lowest BCUT2D eigenvalue weighted by Crippen LogP contribution is -2.15. The van der Waals surface area contributed by atoms with E-state index in [4.69, 9.17) is 0 Å². The third kappa shape index (κ3) is 4.43. The summed E-state index contributed by atoms with van der Waals surface area (Å²) < 4.78 is 1.69. The molecule has 4 nitrogen and oxygen atoms in total. The van der Waals surface area contributed by atoms with Crippen LogP contribution in [-0.2, 0) is 0 Å². The molecule has 0 saturated heterocycles. The lowest BCUT2D eigenvalue weighted by Gasteiger charge is -2.10. The number of pyridine rings is 1. The standard InChI is InChI=1S/C41H25NO3/c43-39(32-19-16-26-9-1-4-12-29(26)23-32)36-35-15-7-8-22-42(35)38(41(45)34-21-18-28-11-3-6-14-31(28)25-34)37(36)40(44)33-20-17-27-10-2-5-13-30(27)24-33/h1-25H. The minimum absolute atomic E-state index is 0.104. The van der Waals surface area contributed by atoms with Crippen molar-refractivity contribution in [3.05, 3.63) is 185 Å². The van der Waals surface area contributed by atoms with Gasteiger partial charge in [-0.2, -0.15) is 0 Å². The Hall–Kier alpha value is -6.13. The van der Waals surface area contributed by atoms with E-state index in [1.807, 2.05) is 115 Å². The van der Waals surface area contributed by atoms with Crippen LogP contribution >= 0.6 is 0 Å². The van der Waals surface area contributed by atoms with Crippen LogP contribution in [0.3, 0.4) is 0 Å². The zero-order valence-corrected chi connectivity index (χ0v) is 24.1. The van der Waals surface area contributed by atoms with Crippen molar-refractivity contribution >= 4 is 55.2 Å². The van der Waals surface area contributed by atoms with Gasteiger partial charge in [0.25, 0.3) is 0 Å². The first-order valence-corrected chi connectivity index (χ1v) is 14.8. The van der Waals surface area contributed by atoms with Crippen molar-refractivity contribution < 1.29 is 14.4 Å². The minimum Gasteiger partial charge on any atom is -0.312 e. The number of fused-ring (bicyclic) bond motifs is 4. The highest BCUT2D eigenvalue weighted by molar-refractivity contribution is 6.29.